The highest BCUT2D eigenvalue weighted by Crippen LogP contribution is 2.27. The van der Waals surface area contributed by atoms with Crippen LogP contribution >= 0.6 is 11.8 Å². The average Bonchev–Trinajstić information content (AvgIpc) is 2.32. The number of amides is 1. The Kier molecular flexibility index (Phi) is 3.91. The zero-order chi connectivity index (χ0) is 13.1. The molecule has 0 aliphatic heterocycles. The molecule has 0 unspecified atom stereocenters. The zero-order valence-corrected chi connectivity index (χ0v) is 10.9. The summed E-state index contributed by atoms with van der Waals surface area (Å²) in [5, 5.41) is 11.6. The second-order valence-corrected chi connectivity index (χ2v) is 5.29. The molecular weight excluding hydrogens is 250 g/mol. The first-order valence-electron chi connectivity index (χ1n) is 5.78. The molecule has 1 aromatic carbocycles. The third kappa shape index (κ3) is 2.85. The second kappa shape index (κ2) is 5.44. The molecule has 0 aromatic heterocycles. The maximum absolute atomic E-state index is 11.9. The first-order valence-corrected chi connectivity index (χ1v) is 7.00. The summed E-state index contributed by atoms with van der Waals surface area (Å²) in [6.07, 6.45) is 3.05. The van der Waals surface area contributed by atoms with Crippen LogP contribution in [0.5, 0.6) is 0 Å². The van der Waals surface area contributed by atoms with Gasteiger partial charge in [-0.15, -0.1) is 11.8 Å². The summed E-state index contributed by atoms with van der Waals surface area (Å²) in [6, 6.07) is 7.38. The molecule has 5 heteroatoms. The summed E-state index contributed by atoms with van der Waals surface area (Å²) in [4.78, 5) is 23.6. The highest BCUT2D eigenvalue weighted by molar-refractivity contribution is 7.98. The van der Waals surface area contributed by atoms with Gasteiger partial charge in [-0.1, -0.05) is 0 Å². The van der Waals surface area contributed by atoms with Gasteiger partial charge < -0.3 is 10.4 Å². The number of carboxylic acids is 1. The van der Waals surface area contributed by atoms with Crippen LogP contribution in [-0.4, -0.2) is 29.3 Å². The largest absolute Gasteiger partial charge is 0.481 e. The van der Waals surface area contributed by atoms with E-state index in [1.165, 1.54) is 0 Å². The third-order valence-electron chi connectivity index (χ3n) is 3.17. The van der Waals surface area contributed by atoms with Crippen molar-refractivity contribution in [2.45, 2.75) is 23.8 Å². The van der Waals surface area contributed by atoms with Crippen molar-refractivity contribution in [3.8, 4) is 0 Å². The summed E-state index contributed by atoms with van der Waals surface area (Å²) in [5.41, 5.74) is 0.617. The maximum Gasteiger partial charge on any atom is 0.306 e. The Labute approximate surface area is 110 Å². The van der Waals surface area contributed by atoms with Crippen molar-refractivity contribution in [1.29, 1.82) is 0 Å². The van der Waals surface area contributed by atoms with E-state index in [4.69, 9.17) is 5.11 Å². The molecule has 0 radical (unpaired) electrons. The monoisotopic (exact) mass is 265 g/mol. The normalized spacial score (nSPS) is 22.1. The van der Waals surface area contributed by atoms with Gasteiger partial charge in [0.25, 0.3) is 5.91 Å². The van der Waals surface area contributed by atoms with Crippen LogP contribution < -0.4 is 5.32 Å². The number of nitrogens with one attached hydrogen (secondary N) is 1. The fraction of sp³-hybridized carbons (Fsp3) is 0.385. The molecule has 1 aromatic rings. The number of thioether (sulfide) groups is 1. The number of rotatable bonds is 4. The van der Waals surface area contributed by atoms with E-state index >= 15 is 0 Å². The zero-order valence-electron chi connectivity index (χ0n) is 10.1. The fourth-order valence-corrected chi connectivity index (χ4v) is 2.36. The molecule has 1 saturated carbocycles. The summed E-state index contributed by atoms with van der Waals surface area (Å²) < 4.78 is 0. The van der Waals surface area contributed by atoms with Crippen molar-refractivity contribution >= 4 is 23.6 Å². The smallest absolute Gasteiger partial charge is 0.306 e. The van der Waals surface area contributed by atoms with Gasteiger partial charge in [-0.3, -0.25) is 9.59 Å². The van der Waals surface area contributed by atoms with Crippen LogP contribution in [0.3, 0.4) is 0 Å². The highest BCUT2D eigenvalue weighted by Gasteiger charge is 2.35. The van der Waals surface area contributed by atoms with E-state index in [9.17, 15) is 9.59 Å². The fourth-order valence-electron chi connectivity index (χ4n) is 1.95. The van der Waals surface area contributed by atoms with Gasteiger partial charge in [-0.05, 0) is 43.4 Å². The lowest BCUT2D eigenvalue weighted by atomic mass is 9.80. The summed E-state index contributed by atoms with van der Waals surface area (Å²) in [5.74, 6) is -1.20. The summed E-state index contributed by atoms with van der Waals surface area (Å²) in [7, 11) is 0. The quantitative estimate of drug-likeness (QED) is 0.817. The number of hydrogen-bond acceptors (Lipinski definition) is 3. The Morgan fingerprint density at radius 2 is 1.89 bits per heavy atom. The highest BCUT2D eigenvalue weighted by atomic mass is 32.2. The first-order chi connectivity index (χ1) is 8.60. The molecule has 1 fully saturated rings. The van der Waals surface area contributed by atoms with Crippen LogP contribution in [0.4, 0.5) is 0 Å². The number of carboxylic acid groups (broad SMARTS) is 1. The van der Waals surface area contributed by atoms with E-state index in [-0.39, 0.29) is 17.9 Å². The Morgan fingerprint density at radius 3 is 2.39 bits per heavy atom. The molecule has 2 rings (SSSR count). The molecule has 18 heavy (non-hydrogen) atoms. The Balaban J connectivity index is 1.87. The lowest BCUT2D eigenvalue weighted by molar-refractivity contribution is -0.145. The number of aliphatic carboxylic acids is 1. The topological polar surface area (TPSA) is 66.4 Å². The predicted molar refractivity (Wildman–Crippen MR) is 69.8 cm³/mol. The maximum atomic E-state index is 11.9. The Hall–Kier alpha value is -1.49. The average molecular weight is 265 g/mol. The molecule has 0 spiro atoms. The van der Waals surface area contributed by atoms with E-state index in [0.717, 1.165) is 4.90 Å². The SMILES string of the molecule is CSc1ccc(C(=O)NC2CC(C(=O)O)C2)cc1. The minimum Gasteiger partial charge on any atom is -0.481 e. The van der Waals surface area contributed by atoms with Gasteiger partial charge in [0.15, 0.2) is 0 Å². The van der Waals surface area contributed by atoms with E-state index in [1.807, 2.05) is 18.4 Å². The van der Waals surface area contributed by atoms with E-state index in [2.05, 4.69) is 5.32 Å². The van der Waals surface area contributed by atoms with Crippen LogP contribution in [0.2, 0.25) is 0 Å². The van der Waals surface area contributed by atoms with E-state index < -0.39 is 5.97 Å². The van der Waals surface area contributed by atoms with Gasteiger partial charge in [0.05, 0.1) is 5.92 Å². The number of carbonyl (C=O) groups excluding carboxylic acids is 1. The van der Waals surface area contributed by atoms with E-state index in [1.54, 1.807) is 23.9 Å². The molecule has 2 N–H and O–H groups in total. The lowest BCUT2D eigenvalue weighted by Crippen LogP contribution is -2.46. The third-order valence-corrected chi connectivity index (χ3v) is 3.92. The standard InChI is InChI=1S/C13H15NO3S/c1-18-11-4-2-8(3-5-11)12(15)14-10-6-9(7-10)13(16)17/h2-5,9-10H,6-7H2,1H3,(H,14,15)(H,16,17). The van der Waals surface area contributed by atoms with Crippen molar-refractivity contribution in [1.82, 2.24) is 5.32 Å². The second-order valence-electron chi connectivity index (χ2n) is 4.41. The molecule has 0 atom stereocenters. The molecule has 96 valence electrons. The molecule has 1 aliphatic carbocycles. The van der Waals surface area contributed by atoms with Crippen molar-refractivity contribution in [3.05, 3.63) is 29.8 Å². The van der Waals surface area contributed by atoms with Gasteiger partial charge in [0.2, 0.25) is 0 Å². The minimum atomic E-state index is -0.773. The van der Waals surface area contributed by atoms with Crippen molar-refractivity contribution < 1.29 is 14.7 Å². The molecule has 4 nitrogen and oxygen atoms in total. The van der Waals surface area contributed by atoms with Crippen LogP contribution in [0, 0.1) is 5.92 Å². The first kappa shape index (κ1) is 13.0. The summed E-state index contributed by atoms with van der Waals surface area (Å²) >= 11 is 1.63. The van der Waals surface area contributed by atoms with E-state index in [0.29, 0.717) is 18.4 Å². The van der Waals surface area contributed by atoms with Crippen molar-refractivity contribution in [2.75, 3.05) is 6.26 Å². The van der Waals surface area contributed by atoms with Crippen molar-refractivity contribution in [3.63, 3.8) is 0 Å². The summed E-state index contributed by atoms with van der Waals surface area (Å²) in [6.45, 7) is 0. The molecule has 0 bridgehead atoms. The van der Waals surface area contributed by atoms with Gasteiger partial charge in [0.1, 0.15) is 0 Å². The molecule has 1 amide bonds. The minimum absolute atomic E-state index is 0.00109. The Morgan fingerprint density at radius 1 is 1.28 bits per heavy atom. The van der Waals surface area contributed by atoms with Gasteiger partial charge >= 0.3 is 5.97 Å². The van der Waals surface area contributed by atoms with Gasteiger partial charge in [-0.2, -0.15) is 0 Å². The number of hydrogen-bond donors (Lipinski definition) is 2. The van der Waals surface area contributed by atoms with Crippen LogP contribution in [-0.2, 0) is 4.79 Å². The number of benzene rings is 1. The predicted octanol–water partition coefficient (Wildman–Crippen LogP) is 2.00. The van der Waals surface area contributed by atoms with Crippen LogP contribution in [0.25, 0.3) is 0 Å². The Bertz CT molecular complexity index is 452. The molecular formula is C13H15NO3S. The van der Waals surface area contributed by atoms with Crippen LogP contribution in [0.15, 0.2) is 29.2 Å². The molecule has 0 saturated heterocycles. The van der Waals surface area contributed by atoms with Gasteiger partial charge in [-0.25, -0.2) is 0 Å². The van der Waals surface area contributed by atoms with Crippen LogP contribution in [0.1, 0.15) is 23.2 Å². The number of carbonyl (C=O) groups is 2. The molecule has 1 aliphatic rings. The lowest BCUT2D eigenvalue weighted by Gasteiger charge is -2.32. The van der Waals surface area contributed by atoms with Gasteiger partial charge in [0, 0.05) is 16.5 Å². The molecule has 0 heterocycles. The van der Waals surface area contributed by atoms with Crippen molar-refractivity contribution in [2.24, 2.45) is 5.92 Å².